The van der Waals surface area contributed by atoms with Gasteiger partial charge in [0.15, 0.2) is 0 Å². The molecule has 3 atom stereocenters. The van der Waals surface area contributed by atoms with Gasteiger partial charge in [-0.3, -0.25) is 0 Å². The number of halogens is 4. The van der Waals surface area contributed by atoms with E-state index < -0.39 is 39.1 Å². The Morgan fingerprint density at radius 1 is 0.955 bits per heavy atom. The van der Waals surface area contributed by atoms with E-state index in [0.717, 1.165) is 24.3 Å². The highest BCUT2D eigenvalue weighted by Crippen LogP contribution is 2.57. The van der Waals surface area contributed by atoms with Crippen molar-refractivity contribution in [2.75, 3.05) is 5.12 Å². The minimum absolute atomic E-state index is 0.533. The molecule has 1 aromatic rings. The molecule has 0 N–H and O–H groups in total. The molecule has 0 fully saturated rings. The lowest BCUT2D eigenvalue weighted by atomic mass is 9.71. The summed E-state index contributed by atoms with van der Waals surface area (Å²) in [7, 11) is 0. The standard InChI is InChI=1S/C13H3F4N5/c14-11(5-19)10-8(4-18)2-1-3-9(10)22(17)13(16,7-21)12(11,15)6-20/h1-3H. The fourth-order valence-corrected chi connectivity index (χ4v) is 2.27. The Labute approximate surface area is 121 Å². The van der Waals surface area contributed by atoms with E-state index in [1.54, 1.807) is 0 Å². The molecule has 0 radical (unpaired) electrons. The van der Waals surface area contributed by atoms with Crippen LogP contribution in [0.3, 0.4) is 0 Å². The molecule has 0 saturated heterocycles. The zero-order valence-electron chi connectivity index (χ0n) is 10.5. The van der Waals surface area contributed by atoms with Crippen LogP contribution in [0.2, 0.25) is 0 Å². The molecule has 0 aliphatic carbocycles. The van der Waals surface area contributed by atoms with E-state index in [9.17, 15) is 17.7 Å². The third-order valence-corrected chi connectivity index (χ3v) is 3.38. The van der Waals surface area contributed by atoms with E-state index in [1.165, 1.54) is 6.07 Å². The summed E-state index contributed by atoms with van der Waals surface area (Å²) in [4.78, 5) is 0. The van der Waals surface area contributed by atoms with Crippen molar-refractivity contribution in [2.45, 2.75) is 17.1 Å². The van der Waals surface area contributed by atoms with Gasteiger partial charge in [0, 0.05) is 0 Å². The third-order valence-electron chi connectivity index (χ3n) is 3.38. The van der Waals surface area contributed by atoms with Crippen molar-refractivity contribution in [2.24, 2.45) is 0 Å². The van der Waals surface area contributed by atoms with Crippen molar-refractivity contribution < 1.29 is 17.7 Å². The largest absolute Gasteiger partial charge is 0.347 e. The van der Waals surface area contributed by atoms with Gasteiger partial charge in [-0.15, -0.1) is 0 Å². The van der Waals surface area contributed by atoms with Crippen LogP contribution in [-0.4, -0.2) is 11.5 Å². The molecule has 22 heavy (non-hydrogen) atoms. The van der Waals surface area contributed by atoms with E-state index in [0.29, 0.717) is 12.1 Å². The average Bonchev–Trinajstić information content (AvgIpc) is 2.56. The Hall–Kier alpha value is -3.30. The maximum atomic E-state index is 15.0. The smallest absolute Gasteiger partial charge is 0.217 e. The Kier molecular flexibility index (Phi) is 2.98. The van der Waals surface area contributed by atoms with E-state index in [-0.39, 0.29) is 0 Å². The van der Waals surface area contributed by atoms with Crippen molar-refractivity contribution in [1.29, 1.82) is 21.0 Å². The number of alkyl halides is 3. The van der Waals surface area contributed by atoms with Gasteiger partial charge in [0.2, 0.25) is 0 Å². The van der Waals surface area contributed by atoms with Crippen LogP contribution in [-0.2, 0) is 5.67 Å². The molecule has 0 amide bonds. The molecule has 108 valence electrons. The van der Waals surface area contributed by atoms with Crippen LogP contribution < -0.4 is 5.12 Å². The first-order valence-corrected chi connectivity index (χ1v) is 5.57. The minimum atomic E-state index is -4.52. The normalized spacial score (nSPS) is 32.8. The topological polar surface area (TPSA) is 98.4 Å². The van der Waals surface area contributed by atoms with Gasteiger partial charge in [-0.2, -0.15) is 30.6 Å². The summed E-state index contributed by atoms with van der Waals surface area (Å²) in [6, 6.07) is 5.97. The Balaban J connectivity index is 3.07. The molecule has 1 aliphatic rings. The summed E-state index contributed by atoms with van der Waals surface area (Å²) in [5.74, 6) is -4.41. The van der Waals surface area contributed by atoms with Crippen molar-refractivity contribution in [3.8, 4) is 24.3 Å². The molecule has 1 aliphatic heterocycles. The molecular weight excluding hydrogens is 302 g/mol. The highest BCUT2D eigenvalue weighted by molar-refractivity contribution is 5.70. The predicted octanol–water partition coefficient (Wildman–Crippen LogP) is 2.37. The maximum Gasteiger partial charge on any atom is 0.347 e. The zero-order valence-corrected chi connectivity index (χ0v) is 10.5. The van der Waals surface area contributed by atoms with Crippen molar-refractivity contribution >= 4 is 5.69 Å². The van der Waals surface area contributed by atoms with Crippen LogP contribution in [0.5, 0.6) is 0 Å². The number of rotatable bonds is 0. The SMILES string of the molecule is N#Cc1cccc2c1C(F)(C#N)C(F)(C#N)C(F)(C#N)N2F. The molecule has 9 heteroatoms. The first kappa shape index (κ1) is 15.1. The number of anilines is 1. The van der Waals surface area contributed by atoms with Crippen LogP contribution in [0.4, 0.5) is 23.3 Å². The number of hydrogen-bond acceptors (Lipinski definition) is 5. The van der Waals surface area contributed by atoms with Gasteiger partial charge < -0.3 is 0 Å². The van der Waals surface area contributed by atoms with E-state index in [1.807, 2.05) is 0 Å². The second-order valence-corrected chi connectivity index (χ2v) is 4.37. The van der Waals surface area contributed by atoms with Crippen LogP contribution in [0.1, 0.15) is 11.1 Å². The number of benzene rings is 1. The van der Waals surface area contributed by atoms with Crippen LogP contribution in [0.25, 0.3) is 0 Å². The molecule has 0 aromatic heterocycles. The highest BCUT2D eigenvalue weighted by atomic mass is 19.2. The molecule has 5 nitrogen and oxygen atoms in total. The summed E-state index contributed by atoms with van der Waals surface area (Å²) >= 11 is 0. The molecule has 3 unspecified atom stereocenters. The minimum Gasteiger partial charge on any atom is -0.217 e. The molecule has 1 heterocycles. The van der Waals surface area contributed by atoms with Gasteiger partial charge in [-0.1, -0.05) is 10.5 Å². The summed E-state index contributed by atoms with van der Waals surface area (Å²) in [5.41, 5.74) is -11.4. The van der Waals surface area contributed by atoms with Gasteiger partial charge in [0.05, 0.1) is 22.9 Å². The van der Waals surface area contributed by atoms with Crippen LogP contribution in [0.15, 0.2) is 18.2 Å². The molecule has 1 aromatic carbocycles. The molecule has 2 rings (SSSR count). The van der Waals surface area contributed by atoms with Gasteiger partial charge >= 0.3 is 11.5 Å². The van der Waals surface area contributed by atoms with E-state index in [2.05, 4.69) is 0 Å². The van der Waals surface area contributed by atoms with E-state index in [4.69, 9.17) is 21.0 Å². The fourth-order valence-electron chi connectivity index (χ4n) is 2.27. The van der Waals surface area contributed by atoms with Gasteiger partial charge in [0.25, 0.3) is 5.67 Å². The summed E-state index contributed by atoms with van der Waals surface area (Å²) in [6.07, 6.45) is 0. The zero-order chi connectivity index (χ0) is 16.8. The summed E-state index contributed by atoms with van der Waals surface area (Å²) in [6.45, 7) is 0. The van der Waals surface area contributed by atoms with Crippen molar-refractivity contribution in [3.63, 3.8) is 0 Å². The molecule has 0 bridgehead atoms. The number of nitriles is 4. The predicted molar refractivity (Wildman–Crippen MR) is 62.0 cm³/mol. The Morgan fingerprint density at radius 2 is 1.59 bits per heavy atom. The first-order chi connectivity index (χ1) is 10.3. The quantitative estimate of drug-likeness (QED) is 0.416. The lowest BCUT2D eigenvalue weighted by Crippen LogP contribution is -2.67. The summed E-state index contributed by atoms with van der Waals surface area (Å²) < 4.78 is 58.3. The summed E-state index contributed by atoms with van der Waals surface area (Å²) in [5, 5.41) is 34.3. The number of fused-ring (bicyclic) bond motifs is 1. The lowest BCUT2D eigenvalue weighted by Gasteiger charge is -2.44. The molecule has 0 spiro atoms. The Morgan fingerprint density at radius 3 is 2.05 bits per heavy atom. The third kappa shape index (κ3) is 1.33. The monoisotopic (exact) mass is 305 g/mol. The van der Waals surface area contributed by atoms with Crippen LogP contribution in [0, 0.1) is 45.3 Å². The number of nitrogens with zero attached hydrogens (tertiary/aromatic N) is 5. The van der Waals surface area contributed by atoms with Gasteiger partial charge in [-0.05, 0) is 12.1 Å². The maximum absolute atomic E-state index is 15.0. The Bertz CT molecular complexity index is 829. The van der Waals surface area contributed by atoms with Crippen molar-refractivity contribution in [3.05, 3.63) is 29.3 Å². The second-order valence-electron chi connectivity index (χ2n) is 4.37. The highest BCUT2D eigenvalue weighted by Gasteiger charge is 2.77. The fraction of sp³-hybridized carbons (Fsp3) is 0.231. The molecule has 0 saturated carbocycles. The average molecular weight is 305 g/mol. The molecular formula is C13H3F4N5. The van der Waals surface area contributed by atoms with Gasteiger partial charge in [-0.25, -0.2) is 8.78 Å². The first-order valence-electron chi connectivity index (χ1n) is 5.57. The van der Waals surface area contributed by atoms with Gasteiger partial charge in [0.1, 0.15) is 18.2 Å². The van der Waals surface area contributed by atoms with Crippen LogP contribution >= 0.6 is 0 Å². The number of hydrogen-bond donors (Lipinski definition) is 0. The second kappa shape index (κ2) is 4.35. The van der Waals surface area contributed by atoms with E-state index >= 15 is 0 Å². The lowest BCUT2D eigenvalue weighted by molar-refractivity contribution is -0.0846. The van der Waals surface area contributed by atoms with Crippen molar-refractivity contribution in [1.82, 2.24) is 0 Å².